The fraction of sp³-hybridized carbons (Fsp3) is 0.769. The molecule has 0 aromatic carbocycles. The lowest BCUT2D eigenvalue weighted by Gasteiger charge is -2.38. The van der Waals surface area contributed by atoms with Crippen LogP contribution >= 0.6 is 0 Å². The fourth-order valence-corrected chi connectivity index (χ4v) is 3.31. The molecule has 0 unspecified atom stereocenters. The monoisotopic (exact) mass is 224 g/mol. The van der Waals surface area contributed by atoms with Crippen LogP contribution in [0.25, 0.3) is 0 Å². The van der Waals surface area contributed by atoms with Gasteiger partial charge in [0, 0.05) is 11.8 Å². The van der Waals surface area contributed by atoms with Crippen molar-refractivity contribution in [3.8, 4) is 0 Å². The van der Waals surface area contributed by atoms with E-state index >= 15 is 0 Å². The van der Waals surface area contributed by atoms with Gasteiger partial charge in [0.25, 0.3) is 0 Å². The summed E-state index contributed by atoms with van der Waals surface area (Å²) < 4.78 is 5.89. The van der Waals surface area contributed by atoms with Gasteiger partial charge in [-0.15, -0.1) is 0 Å². The first-order valence-corrected chi connectivity index (χ1v) is 5.80. The van der Waals surface area contributed by atoms with Gasteiger partial charge in [-0.3, -0.25) is 4.79 Å². The number of fused-ring (bicyclic) bond motifs is 1. The molecule has 1 saturated heterocycles. The average molecular weight is 224 g/mol. The highest BCUT2D eigenvalue weighted by Gasteiger charge is 2.74. The fourth-order valence-electron chi connectivity index (χ4n) is 3.31. The van der Waals surface area contributed by atoms with Gasteiger partial charge in [0.2, 0.25) is 0 Å². The summed E-state index contributed by atoms with van der Waals surface area (Å²) >= 11 is 0. The van der Waals surface area contributed by atoms with Crippen LogP contribution in [0.5, 0.6) is 0 Å². The summed E-state index contributed by atoms with van der Waals surface area (Å²) in [5, 5.41) is 9.83. The molecule has 2 fully saturated rings. The highest BCUT2D eigenvalue weighted by molar-refractivity contribution is 5.87. The molecule has 1 N–H and O–H groups in total. The van der Waals surface area contributed by atoms with Crippen molar-refractivity contribution in [2.75, 3.05) is 0 Å². The molecule has 1 saturated carbocycles. The summed E-state index contributed by atoms with van der Waals surface area (Å²) in [4.78, 5) is 11.0. The standard InChI is InChI=1S/C13H20O3/c1-9(14)5-6-13-11(2,3)7-10(15)8-12(13,4)16-13/h5-6,10,15H,7-8H2,1-4H3/t10-,12+,13-/m1/s1. The average Bonchev–Trinajstić information content (AvgIpc) is 2.67. The topological polar surface area (TPSA) is 49.8 Å². The first-order chi connectivity index (χ1) is 7.22. The third-order valence-corrected chi connectivity index (χ3v) is 4.06. The Morgan fingerprint density at radius 2 is 2.00 bits per heavy atom. The Morgan fingerprint density at radius 3 is 2.50 bits per heavy atom. The molecule has 1 aliphatic heterocycles. The van der Waals surface area contributed by atoms with Gasteiger partial charge in [-0.25, -0.2) is 0 Å². The smallest absolute Gasteiger partial charge is 0.152 e. The van der Waals surface area contributed by atoms with Crippen molar-refractivity contribution in [3.05, 3.63) is 12.2 Å². The van der Waals surface area contributed by atoms with Crippen molar-refractivity contribution in [2.24, 2.45) is 5.41 Å². The lowest BCUT2D eigenvalue weighted by atomic mass is 9.63. The van der Waals surface area contributed by atoms with Gasteiger partial charge in [-0.2, -0.15) is 0 Å². The largest absolute Gasteiger partial charge is 0.393 e. The van der Waals surface area contributed by atoms with Crippen molar-refractivity contribution < 1.29 is 14.6 Å². The summed E-state index contributed by atoms with van der Waals surface area (Å²) in [7, 11) is 0. The Balaban J connectivity index is 2.31. The Labute approximate surface area is 96.5 Å². The molecule has 2 aliphatic rings. The second-order valence-electron chi connectivity index (χ2n) is 5.96. The SMILES string of the molecule is CC(=O)C=C[C@]12O[C@@]1(C)C[C@H](O)CC2(C)C. The van der Waals surface area contributed by atoms with Crippen LogP contribution in [0.15, 0.2) is 12.2 Å². The Hall–Kier alpha value is -0.670. The second-order valence-corrected chi connectivity index (χ2v) is 5.96. The first-order valence-electron chi connectivity index (χ1n) is 5.80. The van der Waals surface area contributed by atoms with Gasteiger partial charge in [0.1, 0.15) is 11.2 Å². The second kappa shape index (κ2) is 3.17. The maximum atomic E-state index is 11.0. The molecule has 3 heteroatoms. The first kappa shape index (κ1) is 11.8. The number of carbonyl (C=O) groups excluding carboxylic acids is 1. The molecular formula is C13H20O3. The normalized spacial score (nSPS) is 45.4. The molecule has 0 spiro atoms. The molecule has 2 rings (SSSR count). The van der Waals surface area contributed by atoms with Gasteiger partial charge in [-0.05, 0) is 32.4 Å². The van der Waals surface area contributed by atoms with Crippen LogP contribution in [-0.2, 0) is 9.53 Å². The third-order valence-electron chi connectivity index (χ3n) is 4.06. The van der Waals surface area contributed by atoms with Crippen molar-refractivity contribution in [1.82, 2.24) is 0 Å². The van der Waals surface area contributed by atoms with Crippen LogP contribution < -0.4 is 0 Å². The number of ketones is 1. The maximum absolute atomic E-state index is 11.0. The number of carbonyl (C=O) groups is 1. The minimum Gasteiger partial charge on any atom is -0.393 e. The van der Waals surface area contributed by atoms with E-state index in [1.165, 1.54) is 6.92 Å². The molecule has 1 aliphatic carbocycles. The minimum atomic E-state index is -0.370. The molecule has 3 nitrogen and oxygen atoms in total. The summed E-state index contributed by atoms with van der Waals surface area (Å²) in [5.74, 6) is 0.0362. The lowest BCUT2D eigenvalue weighted by Crippen LogP contribution is -2.46. The molecule has 1 heterocycles. The molecule has 16 heavy (non-hydrogen) atoms. The number of aliphatic hydroxyl groups excluding tert-OH is 1. The van der Waals surface area contributed by atoms with Gasteiger partial charge in [0.05, 0.1) is 6.10 Å². The summed E-state index contributed by atoms with van der Waals surface area (Å²) in [6.45, 7) is 7.73. The van der Waals surface area contributed by atoms with E-state index in [9.17, 15) is 9.90 Å². The Bertz CT molecular complexity index is 358. The summed E-state index contributed by atoms with van der Waals surface area (Å²) in [6.07, 6.45) is 4.54. The molecule has 0 bridgehead atoms. The van der Waals surface area contributed by atoms with Crippen molar-refractivity contribution in [3.63, 3.8) is 0 Å². The zero-order valence-electron chi connectivity index (χ0n) is 10.4. The molecule has 0 aromatic rings. The van der Waals surface area contributed by atoms with E-state index in [0.29, 0.717) is 12.8 Å². The number of allylic oxidation sites excluding steroid dienone is 1. The predicted molar refractivity (Wildman–Crippen MR) is 61.1 cm³/mol. The number of rotatable bonds is 2. The van der Waals surface area contributed by atoms with Crippen molar-refractivity contribution >= 4 is 5.78 Å². The number of epoxide rings is 1. The van der Waals surface area contributed by atoms with Crippen LogP contribution in [0, 0.1) is 5.41 Å². The van der Waals surface area contributed by atoms with Gasteiger partial charge >= 0.3 is 0 Å². The van der Waals surface area contributed by atoms with E-state index in [4.69, 9.17) is 4.74 Å². The minimum absolute atomic E-state index is 0.0362. The predicted octanol–water partition coefficient (Wildman–Crippen LogP) is 1.84. The number of ether oxygens (including phenoxy) is 1. The Kier molecular flexibility index (Phi) is 2.34. The molecule has 0 amide bonds. The summed E-state index contributed by atoms with van der Waals surface area (Å²) in [5.41, 5.74) is -0.809. The highest BCUT2D eigenvalue weighted by atomic mass is 16.6. The number of hydrogen-bond donors (Lipinski definition) is 1. The molecule has 0 aromatic heterocycles. The van der Waals surface area contributed by atoms with Crippen LogP contribution in [0.3, 0.4) is 0 Å². The summed E-state index contributed by atoms with van der Waals surface area (Å²) in [6, 6.07) is 0. The molecule has 0 radical (unpaired) electrons. The van der Waals surface area contributed by atoms with Crippen LogP contribution in [0.4, 0.5) is 0 Å². The van der Waals surface area contributed by atoms with E-state index in [2.05, 4.69) is 13.8 Å². The van der Waals surface area contributed by atoms with Gasteiger partial charge in [0.15, 0.2) is 5.78 Å². The van der Waals surface area contributed by atoms with E-state index < -0.39 is 0 Å². The lowest BCUT2D eigenvalue weighted by molar-refractivity contribution is -0.112. The van der Waals surface area contributed by atoms with Gasteiger partial charge < -0.3 is 9.84 Å². The van der Waals surface area contributed by atoms with Crippen LogP contribution in [0.1, 0.15) is 40.5 Å². The maximum Gasteiger partial charge on any atom is 0.152 e. The van der Waals surface area contributed by atoms with E-state index in [-0.39, 0.29) is 28.5 Å². The molecule has 90 valence electrons. The Morgan fingerprint density at radius 1 is 1.38 bits per heavy atom. The molecular weight excluding hydrogens is 204 g/mol. The van der Waals surface area contributed by atoms with Crippen molar-refractivity contribution in [2.45, 2.75) is 57.8 Å². The van der Waals surface area contributed by atoms with E-state index in [0.717, 1.165) is 0 Å². The van der Waals surface area contributed by atoms with E-state index in [1.54, 1.807) is 6.08 Å². The quantitative estimate of drug-likeness (QED) is 0.575. The van der Waals surface area contributed by atoms with Gasteiger partial charge in [-0.1, -0.05) is 13.8 Å². The molecule has 3 atom stereocenters. The zero-order valence-corrected chi connectivity index (χ0v) is 10.4. The van der Waals surface area contributed by atoms with E-state index in [1.807, 2.05) is 13.0 Å². The van der Waals surface area contributed by atoms with Crippen molar-refractivity contribution in [1.29, 1.82) is 0 Å². The number of hydrogen-bond acceptors (Lipinski definition) is 3. The third kappa shape index (κ3) is 1.45. The zero-order chi connectivity index (χ0) is 12.2. The number of aliphatic hydroxyl groups is 1. The van der Waals surface area contributed by atoms with Crippen LogP contribution in [0.2, 0.25) is 0 Å². The van der Waals surface area contributed by atoms with Crippen LogP contribution in [-0.4, -0.2) is 28.2 Å². The highest BCUT2D eigenvalue weighted by Crippen LogP contribution is 2.65.